The van der Waals surface area contributed by atoms with Gasteiger partial charge in [-0.05, 0) is 24.6 Å². The quantitative estimate of drug-likeness (QED) is 0.683. The van der Waals surface area contributed by atoms with Crippen LogP contribution in [0.1, 0.15) is 17.2 Å². The van der Waals surface area contributed by atoms with Gasteiger partial charge in [-0.3, -0.25) is 9.78 Å². The Balaban J connectivity index is 0.00000131. The topological polar surface area (TPSA) is 54.0 Å². The standard InChI is InChI=1S/C21H21N3O.2ClH/c1-14-10-17-16(11-23-14)8-5-9-20(17)24-21(25)19-13-22-12-18(19)15-6-3-2-4-7-15;;/h2-11,18-19,22H,12-13H2,1H3,(H,24,25);2*1H/t18-,19+;;/m0../s1. The van der Waals surface area contributed by atoms with E-state index in [1.807, 2.05) is 55.6 Å². The van der Waals surface area contributed by atoms with Crippen LogP contribution < -0.4 is 10.6 Å². The summed E-state index contributed by atoms with van der Waals surface area (Å²) >= 11 is 0. The number of nitrogens with one attached hydrogen (secondary N) is 2. The first kappa shape index (κ1) is 21.2. The monoisotopic (exact) mass is 403 g/mol. The third-order valence-electron chi connectivity index (χ3n) is 4.94. The number of aromatic nitrogens is 1. The Morgan fingerprint density at radius 2 is 1.85 bits per heavy atom. The molecule has 0 bridgehead atoms. The molecule has 4 nitrogen and oxygen atoms in total. The molecular formula is C21H23Cl2N3O. The Morgan fingerprint density at radius 1 is 1.07 bits per heavy atom. The van der Waals surface area contributed by atoms with Gasteiger partial charge >= 0.3 is 0 Å². The van der Waals surface area contributed by atoms with Crippen molar-refractivity contribution in [3.63, 3.8) is 0 Å². The molecule has 4 rings (SSSR count). The minimum absolute atomic E-state index is 0. The molecule has 1 fully saturated rings. The normalized spacial score (nSPS) is 18.4. The van der Waals surface area contributed by atoms with E-state index in [0.29, 0.717) is 6.54 Å². The summed E-state index contributed by atoms with van der Waals surface area (Å²) in [5.41, 5.74) is 3.01. The number of anilines is 1. The Morgan fingerprint density at radius 3 is 2.63 bits per heavy atom. The van der Waals surface area contributed by atoms with Crippen molar-refractivity contribution >= 4 is 47.2 Å². The van der Waals surface area contributed by atoms with E-state index in [4.69, 9.17) is 0 Å². The molecule has 2 aromatic carbocycles. The molecule has 2 N–H and O–H groups in total. The molecule has 1 saturated heterocycles. The Labute approximate surface area is 171 Å². The fourth-order valence-corrected chi connectivity index (χ4v) is 3.61. The summed E-state index contributed by atoms with van der Waals surface area (Å²) in [6.45, 7) is 3.50. The first-order valence-electron chi connectivity index (χ1n) is 8.64. The van der Waals surface area contributed by atoms with E-state index in [9.17, 15) is 4.79 Å². The number of fused-ring (bicyclic) bond motifs is 1. The number of carbonyl (C=O) groups excluding carboxylic acids is 1. The molecule has 0 spiro atoms. The van der Waals surface area contributed by atoms with Crippen molar-refractivity contribution in [3.8, 4) is 0 Å². The number of amides is 1. The summed E-state index contributed by atoms with van der Waals surface area (Å²) in [7, 11) is 0. The van der Waals surface area contributed by atoms with E-state index in [1.54, 1.807) is 0 Å². The van der Waals surface area contributed by atoms with Crippen LogP contribution in [0.4, 0.5) is 5.69 Å². The van der Waals surface area contributed by atoms with Crippen LogP contribution in [-0.2, 0) is 4.79 Å². The third kappa shape index (κ3) is 4.41. The van der Waals surface area contributed by atoms with Crippen molar-refractivity contribution in [3.05, 3.63) is 72.1 Å². The summed E-state index contributed by atoms with van der Waals surface area (Å²) in [6, 6.07) is 18.2. The van der Waals surface area contributed by atoms with Gasteiger partial charge in [0.05, 0.1) is 5.92 Å². The van der Waals surface area contributed by atoms with Crippen molar-refractivity contribution in [2.24, 2.45) is 5.92 Å². The van der Waals surface area contributed by atoms with Gasteiger partial charge < -0.3 is 10.6 Å². The molecule has 1 aliphatic rings. The number of aryl methyl sites for hydroxylation is 1. The molecular weight excluding hydrogens is 381 g/mol. The van der Waals surface area contributed by atoms with Gasteiger partial charge in [0.1, 0.15) is 0 Å². The summed E-state index contributed by atoms with van der Waals surface area (Å²) in [6.07, 6.45) is 1.85. The Hall–Kier alpha value is -2.14. The van der Waals surface area contributed by atoms with E-state index in [-0.39, 0.29) is 42.6 Å². The molecule has 0 aliphatic carbocycles. The number of rotatable bonds is 3. The zero-order valence-corrected chi connectivity index (χ0v) is 16.6. The highest BCUT2D eigenvalue weighted by molar-refractivity contribution is 6.03. The van der Waals surface area contributed by atoms with Crippen molar-refractivity contribution in [1.29, 1.82) is 0 Å². The number of hydrogen-bond acceptors (Lipinski definition) is 3. The highest BCUT2D eigenvalue weighted by Gasteiger charge is 2.34. The molecule has 0 radical (unpaired) electrons. The van der Waals surface area contributed by atoms with Crippen LogP contribution >= 0.6 is 24.8 Å². The highest BCUT2D eigenvalue weighted by Crippen LogP contribution is 2.30. The molecule has 27 heavy (non-hydrogen) atoms. The maximum Gasteiger partial charge on any atom is 0.229 e. The number of hydrogen-bond donors (Lipinski definition) is 2. The minimum Gasteiger partial charge on any atom is -0.325 e. The molecule has 0 unspecified atom stereocenters. The molecule has 2 heterocycles. The molecule has 1 aromatic heterocycles. The largest absolute Gasteiger partial charge is 0.325 e. The second-order valence-electron chi connectivity index (χ2n) is 6.62. The Kier molecular flexibility index (Phi) is 7.19. The average molecular weight is 404 g/mol. The van der Waals surface area contributed by atoms with Crippen LogP contribution in [0.2, 0.25) is 0 Å². The van der Waals surface area contributed by atoms with Gasteiger partial charge in [-0.15, -0.1) is 24.8 Å². The summed E-state index contributed by atoms with van der Waals surface area (Å²) in [4.78, 5) is 17.3. The van der Waals surface area contributed by atoms with Crippen LogP contribution in [0, 0.1) is 12.8 Å². The van der Waals surface area contributed by atoms with Crippen molar-refractivity contribution < 1.29 is 4.79 Å². The smallest absolute Gasteiger partial charge is 0.229 e. The number of halogens is 2. The molecule has 1 amide bonds. The summed E-state index contributed by atoms with van der Waals surface area (Å²) < 4.78 is 0. The second-order valence-corrected chi connectivity index (χ2v) is 6.62. The van der Waals surface area contributed by atoms with Crippen LogP contribution in [0.15, 0.2) is 60.8 Å². The molecule has 2 atom stereocenters. The van der Waals surface area contributed by atoms with E-state index in [1.165, 1.54) is 5.56 Å². The van der Waals surface area contributed by atoms with Gasteiger partial charge in [0.25, 0.3) is 0 Å². The lowest BCUT2D eigenvalue weighted by Crippen LogP contribution is -2.28. The molecule has 3 aromatic rings. The predicted molar refractivity (Wildman–Crippen MR) is 115 cm³/mol. The van der Waals surface area contributed by atoms with Gasteiger partial charge in [0.15, 0.2) is 0 Å². The van der Waals surface area contributed by atoms with E-state index in [2.05, 4.69) is 27.8 Å². The van der Waals surface area contributed by atoms with Crippen LogP contribution in [0.3, 0.4) is 0 Å². The molecule has 0 saturated carbocycles. The fourth-order valence-electron chi connectivity index (χ4n) is 3.61. The SMILES string of the molecule is Cc1cc2c(NC(=O)[C@@H]3CNC[C@H]3c3ccccc3)cccc2cn1.Cl.Cl. The third-order valence-corrected chi connectivity index (χ3v) is 4.94. The second kappa shape index (κ2) is 9.18. The molecule has 1 aliphatic heterocycles. The van der Waals surface area contributed by atoms with E-state index < -0.39 is 0 Å². The van der Waals surface area contributed by atoms with Gasteiger partial charge in [-0.1, -0.05) is 42.5 Å². The number of carbonyl (C=O) groups is 1. The summed E-state index contributed by atoms with van der Waals surface area (Å²) in [5, 5.41) is 8.58. The first-order chi connectivity index (χ1) is 12.2. The van der Waals surface area contributed by atoms with E-state index in [0.717, 1.165) is 28.7 Å². The Bertz CT molecular complexity index is 918. The maximum absolute atomic E-state index is 13.0. The number of benzene rings is 2. The number of nitrogens with zero attached hydrogens (tertiary/aromatic N) is 1. The zero-order valence-electron chi connectivity index (χ0n) is 15.0. The number of pyridine rings is 1. The minimum atomic E-state index is -0.0689. The van der Waals surface area contributed by atoms with Gasteiger partial charge in [0, 0.05) is 47.4 Å². The van der Waals surface area contributed by atoms with Crippen LogP contribution in [-0.4, -0.2) is 24.0 Å². The highest BCUT2D eigenvalue weighted by atomic mass is 35.5. The molecule has 6 heteroatoms. The lowest BCUT2D eigenvalue weighted by molar-refractivity contribution is -0.119. The van der Waals surface area contributed by atoms with Gasteiger partial charge in [-0.25, -0.2) is 0 Å². The maximum atomic E-state index is 13.0. The van der Waals surface area contributed by atoms with Crippen LogP contribution in [0.5, 0.6) is 0 Å². The lowest BCUT2D eigenvalue weighted by atomic mass is 9.88. The van der Waals surface area contributed by atoms with E-state index >= 15 is 0 Å². The van der Waals surface area contributed by atoms with Crippen molar-refractivity contribution in [1.82, 2.24) is 10.3 Å². The zero-order chi connectivity index (χ0) is 17.2. The van der Waals surface area contributed by atoms with Crippen LogP contribution in [0.25, 0.3) is 10.8 Å². The van der Waals surface area contributed by atoms with Gasteiger partial charge in [0.2, 0.25) is 5.91 Å². The predicted octanol–water partition coefficient (Wildman–Crippen LogP) is 4.33. The lowest BCUT2D eigenvalue weighted by Gasteiger charge is -2.19. The van der Waals surface area contributed by atoms with Crippen molar-refractivity contribution in [2.45, 2.75) is 12.8 Å². The van der Waals surface area contributed by atoms with Crippen molar-refractivity contribution in [2.75, 3.05) is 18.4 Å². The summed E-state index contributed by atoms with van der Waals surface area (Å²) in [5.74, 6) is 0.209. The fraction of sp³-hybridized carbons (Fsp3) is 0.238. The average Bonchev–Trinajstić information content (AvgIpc) is 3.13. The molecule has 142 valence electrons. The van der Waals surface area contributed by atoms with Gasteiger partial charge in [-0.2, -0.15) is 0 Å². The first-order valence-corrected chi connectivity index (χ1v) is 8.64.